The van der Waals surface area contributed by atoms with Crippen molar-refractivity contribution in [3.63, 3.8) is 0 Å². The van der Waals surface area contributed by atoms with E-state index in [1.54, 1.807) is 0 Å². The minimum Gasteiger partial charge on any atom is -0.464 e. The highest BCUT2D eigenvalue weighted by Gasteiger charge is 2.17. The maximum absolute atomic E-state index is 13.6. The standard InChI is InChI=1S/C63H111N3O9/c1-4-7-10-13-16-19-22-25-28-31-34-37-40-43-46-49-58(67)73-55-52-64-61(70)65(53-56-74-59(68)50-47-44-41-38-35-32-29-26-23-20-17-14-11-8-5-2)63(72)66(62(64)71)54-57-75-60(69)51-48-45-42-39-36-33-30-27-24-21-18-15-12-9-6-3/h25-30H,4-24,31-57H2,1-3H3/b28-25+,29-26+,30-27+. The Labute approximate surface area is 456 Å². The largest absolute Gasteiger partial charge is 0.464 e. The van der Waals surface area contributed by atoms with E-state index in [0.29, 0.717) is 19.3 Å². The van der Waals surface area contributed by atoms with Crippen molar-refractivity contribution in [2.24, 2.45) is 0 Å². The first kappa shape index (κ1) is 69.1. The lowest BCUT2D eigenvalue weighted by molar-refractivity contribution is -0.144. The van der Waals surface area contributed by atoms with Gasteiger partial charge in [0.1, 0.15) is 19.8 Å². The zero-order chi connectivity index (χ0) is 54.5. The number of ether oxygens (including phenoxy) is 3. The van der Waals surface area contributed by atoms with Crippen LogP contribution in [0, 0.1) is 0 Å². The first-order valence-electron chi connectivity index (χ1n) is 31.1. The Kier molecular flexibility index (Phi) is 48.0. The molecule has 1 rings (SSSR count). The van der Waals surface area contributed by atoms with Crippen molar-refractivity contribution < 1.29 is 28.6 Å². The van der Waals surface area contributed by atoms with Crippen LogP contribution in [0.25, 0.3) is 0 Å². The molecule has 1 aromatic heterocycles. The fraction of sp³-hybridized carbons (Fsp3) is 0.810. The Morgan fingerprint density at radius 3 is 0.693 bits per heavy atom. The van der Waals surface area contributed by atoms with Crippen molar-refractivity contribution in [1.29, 1.82) is 0 Å². The third-order valence-corrected chi connectivity index (χ3v) is 14.0. The third-order valence-electron chi connectivity index (χ3n) is 14.0. The number of rotatable bonds is 54. The molecule has 0 fully saturated rings. The van der Waals surface area contributed by atoms with E-state index in [-0.39, 0.29) is 58.7 Å². The molecule has 0 atom stereocenters. The first-order chi connectivity index (χ1) is 36.8. The minimum absolute atomic E-state index is 0.229. The summed E-state index contributed by atoms with van der Waals surface area (Å²) >= 11 is 0. The Hall–Kier alpha value is -3.96. The van der Waals surface area contributed by atoms with E-state index in [0.717, 1.165) is 129 Å². The van der Waals surface area contributed by atoms with Crippen molar-refractivity contribution in [3.05, 3.63) is 67.9 Å². The number of nitrogens with zero attached hydrogens (tertiary/aromatic N) is 3. The fourth-order valence-corrected chi connectivity index (χ4v) is 9.25. The van der Waals surface area contributed by atoms with Gasteiger partial charge in [0.2, 0.25) is 0 Å². The van der Waals surface area contributed by atoms with Crippen LogP contribution in [0.5, 0.6) is 0 Å². The highest BCUT2D eigenvalue weighted by Crippen LogP contribution is 2.14. The summed E-state index contributed by atoms with van der Waals surface area (Å²) in [6, 6.07) is 0. The molecule has 0 bridgehead atoms. The van der Waals surface area contributed by atoms with E-state index in [1.807, 2.05) is 0 Å². The van der Waals surface area contributed by atoms with E-state index in [4.69, 9.17) is 14.2 Å². The molecule has 0 aromatic carbocycles. The second-order valence-electron chi connectivity index (χ2n) is 21.0. The second kappa shape index (κ2) is 52.1. The number of esters is 3. The predicted molar refractivity (Wildman–Crippen MR) is 310 cm³/mol. The van der Waals surface area contributed by atoms with Crippen LogP contribution in [-0.4, -0.2) is 51.4 Å². The zero-order valence-electron chi connectivity index (χ0n) is 48.4. The summed E-state index contributed by atoms with van der Waals surface area (Å²) in [5.74, 6) is -1.23. The molecule has 0 saturated heterocycles. The zero-order valence-corrected chi connectivity index (χ0v) is 48.4. The van der Waals surface area contributed by atoms with Gasteiger partial charge in [0.25, 0.3) is 0 Å². The van der Waals surface area contributed by atoms with Gasteiger partial charge in [-0.25, -0.2) is 28.1 Å². The lowest BCUT2D eigenvalue weighted by Crippen LogP contribution is -2.55. The van der Waals surface area contributed by atoms with Gasteiger partial charge in [0, 0.05) is 19.3 Å². The van der Waals surface area contributed by atoms with Crippen LogP contribution in [0.3, 0.4) is 0 Å². The third kappa shape index (κ3) is 40.9. The molecule has 0 N–H and O–H groups in total. The Balaban J connectivity index is 2.61. The number of hydrogen-bond donors (Lipinski definition) is 0. The predicted octanol–water partition coefficient (Wildman–Crippen LogP) is 15.9. The number of carbonyl (C=O) groups excluding carboxylic acids is 3. The molecule has 0 saturated carbocycles. The van der Waals surface area contributed by atoms with Gasteiger partial charge in [-0.3, -0.25) is 14.4 Å². The monoisotopic (exact) mass is 1050 g/mol. The van der Waals surface area contributed by atoms with Gasteiger partial charge in [-0.2, -0.15) is 0 Å². The van der Waals surface area contributed by atoms with Crippen molar-refractivity contribution in [3.8, 4) is 0 Å². The smallest absolute Gasteiger partial charge is 0.336 e. The highest BCUT2D eigenvalue weighted by molar-refractivity contribution is 5.69. The molecule has 12 heteroatoms. The summed E-state index contributed by atoms with van der Waals surface area (Å²) in [6.45, 7) is 5.26. The molecule has 0 aliphatic heterocycles. The van der Waals surface area contributed by atoms with Crippen molar-refractivity contribution in [2.75, 3.05) is 19.8 Å². The van der Waals surface area contributed by atoms with Crippen molar-refractivity contribution >= 4 is 17.9 Å². The molecule has 0 aliphatic rings. The van der Waals surface area contributed by atoms with Gasteiger partial charge in [-0.15, -0.1) is 0 Å². The molecule has 432 valence electrons. The van der Waals surface area contributed by atoms with Gasteiger partial charge >= 0.3 is 35.0 Å². The van der Waals surface area contributed by atoms with Crippen molar-refractivity contribution in [1.82, 2.24) is 13.7 Å². The normalized spacial score (nSPS) is 11.7. The summed E-state index contributed by atoms with van der Waals surface area (Å²) in [6.07, 6.45) is 59.6. The van der Waals surface area contributed by atoms with Gasteiger partial charge in [-0.05, 0) is 96.3 Å². The average molecular weight is 1050 g/mol. The van der Waals surface area contributed by atoms with Gasteiger partial charge in [0.05, 0.1) is 19.6 Å². The van der Waals surface area contributed by atoms with Crippen LogP contribution in [-0.2, 0) is 48.2 Å². The second-order valence-corrected chi connectivity index (χ2v) is 21.0. The molecular formula is C63H111N3O9. The average Bonchev–Trinajstić information content (AvgIpc) is 3.40. The van der Waals surface area contributed by atoms with Gasteiger partial charge < -0.3 is 14.2 Å². The molecular weight excluding hydrogens is 943 g/mol. The van der Waals surface area contributed by atoms with Crippen LogP contribution >= 0.6 is 0 Å². The van der Waals surface area contributed by atoms with Crippen LogP contribution in [0.15, 0.2) is 50.8 Å². The summed E-state index contributed by atoms with van der Waals surface area (Å²) in [7, 11) is 0. The lowest BCUT2D eigenvalue weighted by Gasteiger charge is -2.14. The fourth-order valence-electron chi connectivity index (χ4n) is 9.25. The topological polar surface area (TPSA) is 145 Å². The number of hydrogen-bond acceptors (Lipinski definition) is 9. The molecule has 0 aliphatic carbocycles. The van der Waals surface area contributed by atoms with E-state index in [9.17, 15) is 28.8 Å². The maximum Gasteiger partial charge on any atom is 0.336 e. The Morgan fingerprint density at radius 2 is 0.480 bits per heavy atom. The summed E-state index contributed by atoms with van der Waals surface area (Å²) in [4.78, 5) is 78.7. The summed E-state index contributed by atoms with van der Waals surface area (Å²) < 4.78 is 18.9. The summed E-state index contributed by atoms with van der Waals surface area (Å²) in [5, 5.41) is 0. The number of unbranched alkanes of at least 4 members (excludes halogenated alkanes) is 33. The Bertz CT molecular complexity index is 1570. The van der Waals surface area contributed by atoms with E-state index in [1.165, 1.54) is 116 Å². The summed E-state index contributed by atoms with van der Waals surface area (Å²) in [5.41, 5.74) is -2.66. The molecule has 0 radical (unpaired) electrons. The number of allylic oxidation sites excluding steroid dienone is 6. The molecule has 75 heavy (non-hydrogen) atoms. The van der Waals surface area contributed by atoms with E-state index >= 15 is 0 Å². The molecule has 1 aromatic rings. The lowest BCUT2D eigenvalue weighted by atomic mass is 10.1. The number of carbonyl (C=O) groups is 3. The quantitative estimate of drug-likeness (QED) is 0.0269. The maximum atomic E-state index is 13.6. The molecule has 0 spiro atoms. The Morgan fingerprint density at radius 1 is 0.293 bits per heavy atom. The van der Waals surface area contributed by atoms with E-state index in [2.05, 4.69) is 57.2 Å². The van der Waals surface area contributed by atoms with Gasteiger partial charge in [-0.1, -0.05) is 211 Å². The highest BCUT2D eigenvalue weighted by atomic mass is 16.5. The first-order valence-corrected chi connectivity index (χ1v) is 31.1. The van der Waals surface area contributed by atoms with Gasteiger partial charge in [0.15, 0.2) is 0 Å². The molecule has 0 amide bonds. The molecule has 1 heterocycles. The SMILES string of the molecule is CCCCCCCC/C=C/CCCCCCCC(=O)OCCn1c(=O)n(CCOC(=O)CCCCCCC/C=C/CCCCCCCC)c(=O)n(CCOC(=O)CCCCCCC/C=C/CCCCCCCC)c1=O. The number of aromatic nitrogens is 3. The molecule has 12 nitrogen and oxygen atoms in total. The van der Waals surface area contributed by atoms with Crippen LogP contribution < -0.4 is 17.1 Å². The van der Waals surface area contributed by atoms with Crippen LogP contribution in [0.4, 0.5) is 0 Å². The minimum atomic E-state index is -0.885. The van der Waals surface area contributed by atoms with Crippen LogP contribution in [0.1, 0.15) is 290 Å². The molecule has 0 unspecified atom stereocenters. The van der Waals surface area contributed by atoms with Crippen molar-refractivity contribution in [2.45, 2.75) is 310 Å². The van der Waals surface area contributed by atoms with E-state index < -0.39 is 35.0 Å². The van der Waals surface area contributed by atoms with Crippen LogP contribution in [0.2, 0.25) is 0 Å².